The summed E-state index contributed by atoms with van der Waals surface area (Å²) in [4.78, 5) is 14.5. The quantitative estimate of drug-likeness (QED) is 0.786. The molecule has 1 saturated heterocycles. The molecule has 1 aliphatic rings. The summed E-state index contributed by atoms with van der Waals surface area (Å²) in [6.07, 6.45) is 3.29. The van der Waals surface area contributed by atoms with E-state index in [9.17, 15) is 4.79 Å². The number of likely N-dealkylation sites (tertiary alicyclic amines) is 1. The van der Waals surface area contributed by atoms with Crippen molar-refractivity contribution in [1.82, 2.24) is 14.7 Å². The predicted octanol–water partition coefficient (Wildman–Crippen LogP) is 2.79. The molecule has 5 heteroatoms. The molecule has 2 heterocycles. The van der Waals surface area contributed by atoms with Gasteiger partial charge in [-0.25, -0.2) is 0 Å². The highest BCUT2D eigenvalue weighted by molar-refractivity contribution is 6.34. The Morgan fingerprint density at radius 2 is 1.89 bits per heavy atom. The molecular weight excluding hydrogens is 250 g/mol. The minimum Gasteiger partial charge on any atom is -0.332 e. The van der Waals surface area contributed by atoms with Gasteiger partial charge in [-0.15, -0.1) is 0 Å². The number of amides is 1. The maximum absolute atomic E-state index is 12.6. The normalized spacial score (nSPS) is 24.4. The van der Waals surface area contributed by atoms with Crippen LogP contribution in [0.1, 0.15) is 49.3 Å². The minimum absolute atomic E-state index is 0.0385. The van der Waals surface area contributed by atoms with E-state index in [2.05, 4.69) is 18.9 Å². The van der Waals surface area contributed by atoms with Gasteiger partial charge in [-0.2, -0.15) is 5.10 Å². The van der Waals surface area contributed by atoms with Crippen molar-refractivity contribution < 1.29 is 4.79 Å². The van der Waals surface area contributed by atoms with Gasteiger partial charge in [0.05, 0.1) is 10.7 Å². The summed E-state index contributed by atoms with van der Waals surface area (Å²) < 4.78 is 1.66. The van der Waals surface area contributed by atoms with E-state index in [1.807, 2.05) is 11.8 Å². The molecule has 100 valence electrons. The van der Waals surface area contributed by atoms with Crippen molar-refractivity contribution >= 4 is 17.5 Å². The second-order valence-corrected chi connectivity index (χ2v) is 5.59. The Morgan fingerprint density at radius 3 is 2.33 bits per heavy atom. The molecule has 2 atom stereocenters. The number of nitrogens with zero attached hydrogens (tertiary/aromatic N) is 3. The molecule has 1 aliphatic heterocycles. The first kappa shape index (κ1) is 13.4. The van der Waals surface area contributed by atoms with Gasteiger partial charge < -0.3 is 4.90 Å². The first-order valence-corrected chi connectivity index (χ1v) is 6.83. The second-order valence-electron chi connectivity index (χ2n) is 5.21. The van der Waals surface area contributed by atoms with Gasteiger partial charge in [0.2, 0.25) is 0 Å². The Hall–Kier alpha value is -1.03. The van der Waals surface area contributed by atoms with E-state index < -0.39 is 0 Å². The van der Waals surface area contributed by atoms with Crippen LogP contribution < -0.4 is 0 Å². The molecule has 1 aromatic rings. The predicted molar refractivity (Wildman–Crippen MR) is 71.9 cm³/mol. The zero-order valence-corrected chi connectivity index (χ0v) is 12.2. The molecule has 1 fully saturated rings. The number of carbonyl (C=O) groups is 1. The van der Waals surface area contributed by atoms with E-state index >= 15 is 0 Å². The van der Waals surface area contributed by atoms with Gasteiger partial charge in [0.25, 0.3) is 5.91 Å². The number of hydrogen-bond donors (Lipinski definition) is 0. The standard InChI is InChI=1S/C13H20ClN3O/c1-8-6-5-7-9(2)17(8)13(18)12-11(14)10(3)16(4)15-12/h8-9H,5-7H2,1-4H3/t8-,9-/m1/s1. The highest BCUT2D eigenvalue weighted by Gasteiger charge is 2.32. The molecule has 0 N–H and O–H groups in total. The summed E-state index contributed by atoms with van der Waals surface area (Å²) in [5.74, 6) is -0.0385. The summed E-state index contributed by atoms with van der Waals surface area (Å²) in [5.41, 5.74) is 1.22. The molecule has 0 saturated carbocycles. The fraction of sp³-hybridized carbons (Fsp3) is 0.692. The maximum atomic E-state index is 12.6. The smallest absolute Gasteiger partial charge is 0.276 e. The Kier molecular flexibility index (Phi) is 3.66. The van der Waals surface area contributed by atoms with Crippen LogP contribution in [-0.4, -0.2) is 32.7 Å². The fourth-order valence-corrected chi connectivity index (χ4v) is 2.90. The molecule has 4 nitrogen and oxygen atoms in total. The van der Waals surface area contributed by atoms with Crippen molar-refractivity contribution in [3.05, 3.63) is 16.4 Å². The van der Waals surface area contributed by atoms with Crippen LogP contribution in [0, 0.1) is 6.92 Å². The third kappa shape index (κ3) is 2.14. The number of halogens is 1. The number of aryl methyl sites for hydroxylation is 1. The first-order valence-electron chi connectivity index (χ1n) is 6.45. The molecular formula is C13H20ClN3O. The summed E-state index contributed by atoms with van der Waals surface area (Å²) in [5, 5.41) is 4.73. The summed E-state index contributed by atoms with van der Waals surface area (Å²) in [6, 6.07) is 0.527. The van der Waals surface area contributed by atoms with E-state index in [4.69, 9.17) is 11.6 Å². The number of rotatable bonds is 1. The monoisotopic (exact) mass is 269 g/mol. The largest absolute Gasteiger partial charge is 0.332 e. The van der Waals surface area contributed by atoms with E-state index in [1.54, 1.807) is 11.7 Å². The Balaban J connectivity index is 2.32. The lowest BCUT2D eigenvalue weighted by Crippen LogP contribution is -2.47. The van der Waals surface area contributed by atoms with Crippen LogP contribution in [0.5, 0.6) is 0 Å². The second kappa shape index (κ2) is 4.92. The van der Waals surface area contributed by atoms with Crippen LogP contribution >= 0.6 is 11.6 Å². The number of hydrogen-bond acceptors (Lipinski definition) is 2. The zero-order valence-electron chi connectivity index (χ0n) is 11.4. The Bertz CT molecular complexity index is 459. The van der Waals surface area contributed by atoms with Crippen molar-refractivity contribution in [2.24, 2.45) is 7.05 Å². The van der Waals surface area contributed by atoms with Gasteiger partial charge in [-0.3, -0.25) is 9.48 Å². The third-order valence-corrected chi connectivity index (χ3v) is 4.34. The van der Waals surface area contributed by atoms with Gasteiger partial charge >= 0.3 is 0 Å². The highest BCUT2D eigenvalue weighted by Crippen LogP contribution is 2.27. The molecule has 0 bridgehead atoms. The van der Waals surface area contributed by atoms with Gasteiger partial charge in [0.15, 0.2) is 5.69 Å². The van der Waals surface area contributed by atoms with Crippen molar-refractivity contribution in [3.8, 4) is 0 Å². The molecule has 0 radical (unpaired) electrons. The van der Waals surface area contributed by atoms with Gasteiger partial charge in [-0.05, 0) is 40.0 Å². The van der Waals surface area contributed by atoms with Crippen LogP contribution in [0.25, 0.3) is 0 Å². The average molecular weight is 270 g/mol. The average Bonchev–Trinajstić information content (AvgIpc) is 2.56. The Morgan fingerprint density at radius 1 is 1.33 bits per heavy atom. The summed E-state index contributed by atoms with van der Waals surface area (Å²) in [7, 11) is 1.81. The molecule has 0 aliphatic carbocycles. The topological polar surface area (TPSA) is 38.1 Å². The van der Waals surface area contributed by atoms with Crippen molar-refractivity contribution in [2.75, 3.05) is 0 Å². The van der Waals surface area contributed by atoms with Crippen LogP contribution in [0.3, 0.4) is 0 Å². The van der Waals surface area contributed by atoms with Crippen LogP contribution in [0.2, 0.25) is 5.02 Å². The van der Waals surface area contributed by atoms with E-state index in [0.717, 1.165) is 18.5 Å². The molecule has 0 spiro atoms. The van der Waals surface area contributed by atoms with Crippen molar-refractivity contribution in [3.63, 3.8) is 0 Å². The van der Waals surface area contributed by atoms with Gasteiger partial charge in [-0.1, -0.05) is 11.6 Å². The molecule has 18 heavy (non-hydrogen) atoms. The van der Waals surface area contributed by atoms with E-state index in [0.29, 0.717) is 10.7 Å². The lowest BCUT2D eigenvalue weighted by atomic mass is 9.97. The maximum Gasteiger partial charge on any atom is 0.276 e. The zero-order chi connectivity index (χ0) is 13.4. The molecule has 1 amide bonds. The SMILES string of the molecule is Cc1c(Cl)c(C(=O)N2[C@H](C)CCC[C@H]2C)nn1C. The molecule has 0 unspecified atom stereocenters. The van der Waals surface area contributed by atoms with Gasteiger partial charge in [0.1, 0.15) is 0 Å². The van der Waals surface area contributed by atoms with Crippen LogP contribution in [0.15, 0.2) is 0 Å². The number of aromatic nitrogens is 2. The molecule has 2 rings (SSSR count). The van der Waals surface area contributed by atoms with Crippen molar-refractivity contribution in [1.29, 1.82) is 0 Å². The summed E-state index contributed by atoms with van der Waals surface area (Å²) >= 11 is 6.19. The minimum atomic E-state index is -0.0385. The summed E-state index contributed by atoms with van der Waals surface area (Å²) in [6.45, 7) is 6.06. The lowest BCUT2D eigenvalue weighted by molar-refractivity contribution is 0.0504. The van der Waals surface area contributed by atoms with Gasteiger partial charge in [0, 0.05) is 19.1 Å². The lowest BCUT2D eigenvalue weighted by Gasteiger charge is -2.38. The van der Waals surface area contributed by atoms with E-state index in [-0.39, 0.29) is 18.0 Å². The molecule has 0 aromatic carbocycles. The number of carbonyl (C=O) groups excluding carboxylic acids is 1. The third-order valence-electron chi connectivity index (χ3n) is 3.89. The highest BCUT2D eigenvalue weighted by atomic mass is 35.5. The fourth-order valence-electron chi connectivity index (χ4n) is 2.66. The van der Waals surface area contributed by atoms with Crippen molar-refractivity contribution in [2.45, 2.75) is 52.1 Å². The van der Waals surface area contributed by atoms with E-state index in [1.165, 1.54) is 6.42 Å². The van der Waals surface area contributed by atoms with Crippen LogP contribution in [0.4, 0.5) is 0 Å². The number of piperidine rings is 1. The van der Waals surface area contributed by atoms with Crippen LogP contribution in [-0.2, 0) is 7.05 Å². The first-order chi connectivity index (χ1) is 8.43. The Labute approximate surface area is 113 Å². The molecule has 1 aromatic heterocycles.